The number of nitrogen functional groups attached to an aromatic ring is 1. The summed E-state index contributed by atoms with van der Waals surface area (Å²) >= 11 is 0. The molecular weight excluding hydrogens is 262 g/mol. The van der Waals surface area contributed by atoms with Crippen LogP contribution in [0.3, 0.4) is 0 Å². The van der Waals surface area contributed by atoms with Gasteiger partial charge in [-0.05, 0) is 37.3 Å². The van der Waals surface area contributed by atoms with Gasteiger partial charge >= 0.3 is 0 Å². The van der Waals surface area contributed by atoms with Crippen molar-refractivity contribution in [3.05, 3.63) is 29.1 Å². The minimum Gasteiger partial charge on any atom is -0.383 e. The van der Waals surface area contributed by atoms with E-state index in [0.29, 0.717) is 11.4 Å². The summed E-state index contributed by atoms with van der Waals surface area (Å²) in [7, 11) is 1.88. The number of nitrogens with two attached hydrogens (primary N) is 1. The molecule has 0 spiro atoms. The summed E-state index contributed by atoms with van der Waals surface area (Å²) in [6.07, 6.45) is 8.50. The summed E-state index contributed by atoms with van der Waals surface area (Å²) in [4.78, 5) is 4.50. The summed E-state index contributed by atoms with van der Waals surface area (Å²) in [5, 5.41) is 14.0. The predicted molar refractivity (Wildman–Crippen MR) is 81.4 cm³/mol. The highest BCUT2D eigenvalue weighted by molar-refractivity contribution is 5.77. The van der Waals surface area contributed by atoms with Crippen LogP contribution in [0.4, 0.5) is 5.82 Å². The van der Waals surface area contributed by atoms with Gasteiger partial charge in [-0.1, -0.05) is 12.8 Å². The van der Waals surface area contributed by atoms with Gasteiger partial charge in [0.1, 0.15) is 17.5 Å². The van der Waals surface area contributed by atoms with E-state index in [4.69, 9.17) is 5.73 Å². The van der Waals surface area contributed by atoms with Crippen LogP contribution in [0.25, 0.3) is 11.3 Å². The molecule has 2 aromatic rings. The molecule has 5 heteroatoms. The Balaban J connectivity index is 2.25. The molecule has 0 aromatic carbocycles. The summed E-state index contributed by atoms with van der Waals surface area (Å²) in [5.74, 6) is 0.331. The number of aromatic nitrogens is 3. The molecule has 0 atom stereocenters. The second kappa shape index (κ2) is 5.57. The highest BCUT2D eigenvalue weighted by Gasteiger charge is 2.21. The van der Waals surface area contributed by atoms with E-state index in [2.05, 4.69) is 16.2 Å². The van der Waals surface area contributed by atoms with Gasteiger partial charge in [-0.3, -0.25) is 4.68 Å². The first-order chi connectivity index (χ1) is 10.2. The summed E-state index contributed by atoms with van der Waals surface area (Å²) < 4.78 is 1.75. The zero-order valence-electron chi connectivity index (χ0n) is 12.3. The smallest absolute Gasteiger partial charge is 0.142 e. The lowest BCUT2D eigenvalue weighted by Gasteiger charge is -2.18. The number of nitriles is 1. The van der Waals surface area contributed by atoms with Crippen molar-refractivity contribution in [2.24, 2.45) is 7.05 Å². The standard InChI is InChI=1S/C16H19N5/c1-21-9-8-14(20-21)15-11-6-4-2-3-5-7-13(11)19-16(18)12(15)10-17/h8-9H,2-7H2,1H3,(H2,18,19). The molecule has 0 fully saturated rings. The van der Waals surface area contributed by atoms with Crippen LogP contribution in [-0.4, -0.2) is 14.8 Å². The lowest BCUT2D eigenvalue weighted by Crippen LogP contribution is -2.10. The Labute approximate surface area is 124 Å². The molecule has 0 bridgehead atoms. The Morgan fingerprint density at radius 1 is 1.24 bits per heavy atom. The van der Waals surface area contributed by atoms with Gasteiger partial charge in [-0.2, -0.15) is 10.4 Å². The van der Waals surface area contributed by atoms with E-state index in [1.807, 2.05) is 19.3 Å². The molecule has 1 aliphatic rings. The fourth-order valence-corrected chi connectivity index (χ4v) is 3.06. The molecule has 0 saturated carbocycles. The van der Waals surface area contributed by atoms with E-state index in [-0.39, 0.29) is 0 Å². The molecule has 3 rings (SSSR count). The van der Waals surface area contributed by atoms with Crippen molar-refractivity contribution in [2.45, 2.75) is 38.5 Å². The van der Waals surface area contributed by atoms with Gasteiger partial charge in [0.25, 0.3) is 0 Å². The first-order valence-electron chi connectivity index (χ1n) is 7.42. The third-order valence-corrected chi connectivity index (χ3v) is 4.08. The number of rotatable bonds is 1. The molecule has 0 radical (unpaired) electrons. The van der Waals surface area contributed by atoms with E-state index in [9.17, 15) is 5.26 Å². The van der Waals surface area contributed by atoms with Crippen molar-refractivity contribution >= 4 is 5.82 Å². The van der Waals surface area contributed by atoms with E-state index in [0.717, 1.165) is 42.6 Å². The molecule has 0 aliphatic heterocycles. The van der Waals surface area contributed by atoms with Crippen molar-refractivity contribution < 1.29 is 0 Å². The van der Waals surface area contributed by atoms with Crippen molar-refractivity contribution in [3.8, 4) is 17.3 Å². The highest BCUT2D eigenvalue weighted by Crippen LogP contribution is 2.33. The summed E-state index contributed by atoms with van der Waals surface area (Å²) in [6.45, 7) is 0. The van der Waals surface area contributed by atoms with E-state index in [1.54, 1.807) is 4.68 Å². The maximum absolute atomic E-state index is 9.49. The largest absolute Gasteiger partial charge is 0.383 e. The number of hydrogen-bond donors (Lipinski definition) is 1. The number of anilines is 1. The Bertz CT molecular complexity index is 708. The van der Waals surface area contributed by atoms with Crippen molar-refractivity contribution in [2.75, 3.05) is 5.73 Å². The zero-order valence-corrected chi connectivity index (χ0v) is 12.3. The topological polar surface area (TPSA) is 80.5 Å². The van der Waals surface area contributed by atoms with Crippen LogP contribution in [0, 0.1) is 11.3 Å². The molecule has 5 nitrogen and oxygen atoms in total. The van der Waals surface area contributed by atoms with E-state index < -0.39 is 0 Å². The quantitative estimate of drug-likeness (QED) is 0.871. The molecule has 1 aliphatic carbocycles. The van der Waals surface area contributed by atoms with Crippen molar-refractivity contribution in [3.63, 3.8) is 0 Å². The lowest BCUT2D eigenvalue weighted by atomic mass is 9.90. The second-order valence-electron chi connectivity index (χ2n) is 5.57. The van der Waals surface area contributed by atoms with E-state index >= 15 is 0 Å². The monoisotopic (exact) mass is 281 g/mol. The SMILES string of the molecule is Cn1ccc(-c2c(C#N)c(N)nc3c2CCCCCC3)n1. The van der Waals surface area contributed by atoms with Crippen LogP contribution in [-0.2, 0) is 19.9 Å². The number of pyridine rings is 1. The molecule has 0 amide bonds. The molecular formula is C16H19N5. The van der Waals surface area contributed by atoms with Gasteiger partial charge in [-0.15, -0.1) is 0 Å². The van der Waals surface area contributed by atoms with Gasteiger partial charge in [0.15, 0.2) is 0 Å². The van der Waals surface area contributed by atoms with Crippen LogP contribution in [0.15, 0.2) is 12.3 Å². The maximum atomic E-state index is 9.49. The predicted octanol–water partition coefficient (Wildman–Crippen LogP) is 2.59. The lowest BCUT2D eigenvalue weighted by molar-refractivity contribution is 0.609. The fourth-order valence-electron chi connectivity index (χ4n) is 3.06. The highest BCUT2D eigenvalue weighted by atomic mass is 15.2. The van der Waals surface area contributed by atoms with Crippen LogP contribution in [0.2, 0.25) is 0 Å². The molecule has 21 heavy (non-hydrogen) atoms. The van der Waals surface area contributed by atoms with Crippen LogP contribution >= 0.6 is 0 Å². The number of aryl methyl sites for hydroxylation is 2. The molecule has 0 saturated heterocycles. The zero-order chi connectivity index (χ0) is 14.8. The fraction of sp³-hybridized carbons (Fsp3) is 0.438. The van der Waals surface area contributed by atoms with Crippen LogP contribution < -0.4 is 5.73 Å². The Hall–Kier alpha value is -2.35. The summed E-state index contributed by atoms with van der Waals surface area (Å²) in [6, 6.07) is 4.16. The van der Waals surface area contributed by atoms with Gasteiger partial charge in [0.05, 0.1) is 5.69 Å². The minimum absolute atomic E-state index is 0.331. The van der Waals surface area contributed by atoms with Crippen LogP contribution in [0.1, 0.15) is 42.5 Å². The maximum Gasteiger partial charge on any atom is 0.142 e. The average molecular weight is 281 g/mol. The third kappa shape index (κ3) is 2.49. The normalized spacial score (nSPS) is 14.9. The van der Waals surface area contributed by atoms with E-state index in [1.165, 1.54) is 18.4 Å². The molecule has 0 unspecified atom stereocenters. The number of nitrogens with zero attached hydrogens (tertiary/aromatic N) is 4. The molecule has 2 aromatic heterocycles. The van der Waals surface area contributed by atoms with Gasteiger partial charge in [0.2, 0.25) is 0 Å². The number of fused-ring (bicyclic) bond motifs is 1. The van der Waals surface area contributed by atoms with Crippen molar-refractivity contribution in [1.29, 1.82) is 5.26 Å². The Morgan fingerprint density at radius 3 is 2.67 bits per heavy atom. The van der Waals surface area contributed by atoms with Gasteiger partial charge < -0.3 is 5.73 Å². The first-order valence-corrected chi connectivity index (χ1v) is 7.42. The van der Waals surface area contributed by atoms with Gasteiger partial charge in [-0.25, -0.2) is 4.98 Å². The Morgan fingerprint density at radius 2 is 2.00 bits per heavy atom. The van der Waals surface area contributed by atoms with Gasteiger partial charge in [0, 0.05) is 24.5 Å². The molecule has 2 N–H and O–H groups in total. The minimum atomic E-state index is 0.331. The Kier molecular flexibility index (Phi) is 3.61. The first kappa shape index (κ1) is 13.6. The summed E-state index contributed by atoms with van der Waals surface area (Å²) in [5.41, 5.74) is 10.4. The average Bonchev–Trinajstić information content (AvgIpc) is 2.86. The van der Waals surface area contributed by atoms with Crippen LogP contribution in [0.5, 0.6) is 0 Å². The molecule has 2 heterocycles. The number of hydrogen-bond acceptors (Lipinski definition) is 4. The second-order valence-corrected chi connectivity index (χ2v) is 5.57. The third-order valence-electron chi connectivity index (χ3n) is 4.08. The molecule has 108 valence electrons. The van der Waals surface area contributed by atoms with Crippen molar-refractivity contribution in [1.82, 2.24) is 14.8 Å².